The Kier molecular flexibility index (Phi) is 7.65. The molecule has 0 saturated heterocycles. The van der Waals surface area contributed by atoms with Crippen molar-refractivity contribution in [2.24, 2.45) is 0 Å². The second-order valence-corrected chi connectivity index (χ2v) is 9.17. The second-order valence-electron chi connectivity index (χ2n) is 9.17. The van der Waals surface area contributed by atoms with Crippen LogP contribution in [0.3, 0.4) is 0 Å². The molecular formula is C25H27F6N5O. The standard InChI is InChI=1S/C25H27F6N5O/c1-16-22(17(2)37-34-16)18-10-21-23(32-11-18)20(19-12-33-36(13-19)15-25(29,30)31)14-35(21)9-4-3-6-24(27,28)7-5-8-26/h10-14H,3-9,15H2,1-2H3. The van der Waals surface area contributed by atoms with Gasteiger partial charge in [-0.3, -0.25) is 14.1 Å². The van der Waals surface area contributed by atoms with Gasteiger partial charge >= 0.3 is 6.18 Å². The Morgan fingerprint density at radius 1 is 0.946 bits per heavy atom. The Morgan fingerprint density at radius 2 is 1.70 bits per heavy atom. The fourth-order valence-electron chi connectivity index (χ4n) is 4.48. The smallest absolute Gasteiger partial charge is 0.361 e. The van der Waals surface area contributed by atoms with E-state index in [1.807, 2.05) is 10.6 Å². The lowest BCUT2D eigenvalue weighted by molar-refractivity contribution is -0.142. The van der Waals surface area contributed by atoms with Gasteiger partial charge in [0.05, 0.1) is 29.6 Å². The number of pyridine rings is 1. The van der Waals surface area contributed by atoms with Gasteiger partial charge in [-0.1, -0.05) is 5.16 Å². The molecule has 4 aromatic rings. The SMILES string of the molecule is Cc1noc(C)c1-c1cnc2c(-c3cnn(CC(F)(F)F)c3)cn(CCCCC(F)(F)CCCF)c2c1. The Morgan fingerprint density at radius 3 is 2.38 bits per heavy atom. The van der Waals surface area contributed by atoms with Crippen molar-refractivity contribution >= 4 is 11.0 Å². The monoisotopic (exact) mass is 527 g/mol. The molecule has 0 bridgehead atoms. The van der Waals surface area contributed by atoms with E-state index in [2.05, 4.69) is 15.2 Å². The van der Waals surface area contributed by atoms with Crippen molar-refractivity contribution in [2.75, 3.05) is 6.67 Å². The molecule has 0 aliphatic rings. The van der Waals surface area contributed by atoms with Gasteiger partial charge in [-0.05, 0) is 39.2 Å². The lowest BCUT2D eigenvalue weighted by Gasteiger charge is -2.15. The number of hydrogen-bond donors (Lipinski definition) is 0. The van der Waals surface area contributed by atoms with Crippen molar-refractivity contribution in [1.29, 1.82) is 0 Å². The first-order chi connectivity index (χ1) is 17.5. The zero-order chi connectivity index (χ0) is 26.8. The van der Waals surface area contributed by atoms with Gasteiger partial charge in [-0.2, -0.15) is 18.3 Å². The van der Waals surface area contributed by atoms with Crippen LogP contribution in [0.5, 0.6) is 0 Å². The van der Waals surface area contributed by atoms with Gasteiger partial charge in [-0.15, -0.1) is 0 Å². The van der Waals surface area contributed by atoms with Crippen LogP contribution in [0.25, 0.3) is 33.3 Å². The molecule has 4 aromatic heterocycles. The molecule has 37 heavy (non-hydrogen) atoms. The van der Waals surface area contributed by atoms with Crippen molar-refractivity contribution in [3.8, 4) is 22.3 Å². The number of alkyl halides is 6. The summed E-state index contributed by atoms with van der Waals surface area (Å²) in [7, 11) is 0. The molecule has 0 amide bonds. The summed E-state index contributed by atoms with van der Waals surface area (Å²) in [5.41, 5.74) is 4.51. The lowest BCUT2D eigenvalue weighted by Crippen LogP contribution is -2.17. The molecule has 6 nitrogen and oxygen atoms in total. The van der Waals surface area contributed by atoms with Crippen LogP contribution in [-0.2, 0) is 13.1 Å². The minimum Gasteiger partial charge on any atom is -0.361 e. The molecule has 0 aromatic carbocycles. The minimum absolute atomic E-state index is 0.170. The van der Waals surface area contributed by atoms with Crippen LogP contribution in [0.2, 0.25) is 0 Å². The molecular weight excluding hydrogens is 500 g/mol. The van der Waals surface area contributed by atoms with Gasteiger partial charge < -0.3 is 9.09 Å². The highest BCUT2D eigenvalue weighted by atomic mass is 19.4. The van der Waals surface area contributed by atoms with Crippen molar-refractivity contribution in [3.63, 3.8) is 0 Å². The van der Waals surface area contributed by atoms with Crippen LogP contribution in [0.1, 0.15) is 43.6 Å². The maximum Gasteiger partial charge on any atom is 0.408 e. The predicted octanol–water partition coefficient (Wildman–Crippen LogP) is 7.29. The molecule has 0 aliphatic heterocycles. The summed E-state index contributed by atoms with van der Waals surface area (Å²) in [5, 5.41) is 7.81. The van der Waals surface area contributed by atoms with Gasteiger partial charge in [0.15, 0.2) is 0 Å². The maximum absolute atomic E-state index is 13.9. The molecule has 0 aliphatic carbocycles. The average molecular weight is 528 g/mol. The van der Waals surface area contributed by atoms with E-state index >= 15 is 0 Å². The molecule has 4 rings (SSSR count). The lowest BCUT2D eigenvalue weighted by atomic mass is 10.1. The Bertz CT molecular complexity index is 1330. The fraction of sp³-hybridized carbons (Fsp3) is 0.480. The van der Waals surface area contributed by atoms with E-state index < -0.39 is 31.7 Å². The van der Waals surface area contributed by atoms with E-state index in [-0.39, 0.29) is 19.3 Å². The van der Waals surface area contributed by atoms with Crippen molar-refractivity contribution < 1.29 is 30.9 Å². The van der Waals surface area contributed by atoms with E-state index in [1.165, 1.54) is 12.4 Å². The summed E-state index contributed by atoms with van der Waals surface area (Å²) < 4.78 is 86.5. The summed E-state index contributed by atoms with van der Waals surface area (Å²) in [4.78, 5) is 4.60. The summed E-state index contributed by atoms with van der Waals surface area (Å²) >= 11 is 0. The van der Waals surface area contributed by atoms with E-state index in [0.717, 1.165) is 15.8 Å². The first kappa shape index (κ1) is 26.7. The first-order valence-electron chi connectivity index (χ1n) is 11.9. The van der Waals surface area contributed by atoms with Gasteiger partial charge in [0, 0.05) is 60.2 Å². The number of hydrogen-bond acceptors (Lipinski definition) is 4. The zero-order valence-electron chi connectivity index (χ0n) is 20.5. The number of nitrogens with zero attached hydrogens (tertiary/aromatic N) is 5. The molecule has 0 radical (unpaired) electrons. The van der Waals surface area contributed by atoms with Gasteiger partial charge in [-0.25, -0.2) is 8.78 Å². The van der Waals surface area contributed by atoms with E-state index in [0.29, 0.717) is 46.6 Å². The van der Waals surface area contributed by atoms with E-state index in [9.17, 15) is 26.3 Å². The van der Waals surface area contributed by atoms with Gasteiger partial charge in [0.25, 0.3) is 0 Å². The third-order valence-electron chi connectivity index (χ3n) is 6.19. The number of aryl methyl sites for hydroxylation is 3. The zero-order valence-corrected chi connectivity index (χ0v) is 20.5. The molecule has 0 unspecified atom stereocenters. The van der Waals surface area contributed by atoms with E-state index in [4.69, 9.17) is 4.52 Å². The summed E-state index contributed by atoms with van der Waals surface area (Å²) in [6.07, 6.45) is 1.31. The molecule has 12 heteroatoms. The maximum atomic E-state index is 13.9. The normalized spacial score (nSPS) is 12.6. The Labute approximate surface area is 209 Å². The van der Waals surface area contributed by atoms with Crippen molar-refractivity contribution in [1.82, 2.24) is 24.5 Å². The summed E-state index contributed by atoms with van der Waals surface area (Å²) in [5.74, 6) is -2.30. The van der Waals surface area contributed by atoms with Gasteiger partial charge in [0.2, 0.25) is 5.92 Å². The number of fused-ring (bicyclic) bond motifs is 1. The van der Waals surface area contributed by atoms with Crippen LogP contribution in [0.15, 0.2) is 35.4 Å². The topological polar surface area (TPSA) is 61.7 Å². The summed E-state index contributed by atoms with van der Waals surface area (Å²) in [6.45, 7) is 1.99. The molecule has 0 fully saturated rings. The second kappa shape index (κ2) is 10.6. The molecule has 0 saturated carbocycles. The molecule has 0 spiro atoms. The number of rotatable bonds is 11. The summed E-state index contributed by atoms with van der Waals surface area (Å²) in [6, 6.07) is 1.88. The molecule has 200 valence electrons. The predicted molar refractivity (Wildman–Crippen MR) is 126 cm³/mol. The highest BCUT2D eigenvalue weighted by molar-refractivity contribution is 5.94. The largest absolute Gasteiger partial charge is 0.408 e. The van der Waals surface area contributed by atoms with E-state index in [1.54, 1.807) is 26.2 Å². The van der Waals surface area contributed by atoms with Crippen LogP contribution >= 0.6 is 0 Å². The number of unbranched alkanes of at least 4 members (excludes halogenated alkanes) is 1. The number of aromatic nitrogens is 5. The number of halogens is 6. The fourth-order valence-corrected chi connectivity index (χ4v) is 4.48. The minimum atomic E-state index is -4.41. The highest BCUT2D eigenvalue weighted by Gasteiger charge is 2.29. The quantitative estimate of drug-likeness (QED) is 0.152. The van der Waals surface area contributed by atoms with Gasteiger partial charge in [0.1, 0.15) is 12.3 Å². The third kappa shape index (κ3) is 6.34. The first-order valence-corrected chi connectivity index (χ1v) is 11.9. The molecule has 0 atom stereocenters. The molecule has 0 N–H and O–H groups in total. The molecule has 4 heterocycles. The van der Waals surface area contributed by atoms with Crippen LogP contribution < -0.4 is 0 Å². The Hall–Kier alpha value is -3.31. The van der Waals surface area contributed by atoms with Crippen LogP contribution in [0, 0.1) is 13.8 Å². The average Bonchev–Trinajstić information content (AvgIpc) is 3.51. The highest BCUT2D eigenvalue weighted by Crippen LogP contribution is 2.35. The Balaban J connectivity index is 1.65. The third-order valence-corrected chi connectivity index (χ3v) is 6.19. The van der Waals surface area contributed by atoms with Crippen LogP contribution in [-0.4, -0.2) is 43.3 Å². The van der Waals surface area contributed by atoms with Crippen LogP contribution in [0.4, 0.5) is 26.3 Å². The van der Waals surface area contributed by atoms with Crippen molar-refractivity contribution in [2.45, 2.75) is 71.1 Å². The van der Waals surface area contributed by atoms with Crippen molar-refractivity contribution in [3.05, 3.63) is 42.3 Å².